The molecule has 0 aromatic heterocycles. The second kappa shape index (κ2) is 9.68. The molecule has 2 N–H and O–H groups in total. The van der Waals surface area contributed by atoms with Gasteiger partial charge in [0.15, 0.2) is 20.7 Å². The van der Waals surface area contributed by atoms with Crippen molar-refractivity contribution in [2.24, 2.45) is 0 Å². The zero-order valence-electron chi connectivity index (χ0n) is 18.1. The first-order valence-electron chi connectivity index (χ1n) is 9.90. The Balaban J connectivity index is 2.12. The predicted molar refractivity (Wildman–Crippen MR) is 111 cm³/mol. The third kappa shape index (κ3) is 6.34. The Hall–Kier alpha value is -1.29. The Kier molecular flexibility index (Phi) is 8.00. The lowest BCUT2D eigenvalue weighted by Crippen LogP contribution is -2.61. The van der Waals surface area contributed by atoms with E-state index >= 15 is 0 Å². The van der Waals surface area contributed by atoms with Gasteiger partial charge in [-0.15, -0.1) is 0 Å². The Labute approximate surface area is 174 Å². The average molecular weight is 427 g/mol. The van der Waals surface area contributed by atoms with Crippen LogP contribution in [-0.4, -0.2) is 61.8 Å². The van der Waals surface area contributed by atoms with Gasteiger partial charge < -0.3 is 28.8 Å². The maximum absolute atomic E-state index is 11.5. The standard InChI is InChI=1S/C21H34O7Si/c1-14(22)27-19-18(25-12-15-10-8-7-9-11-15)17(23)16(28-20(19)24)13-26-29(5,6)21(2,3)4/h7-11,16-20,23-24H,12-13H2,1-6H3/t16-,17-,18+,19-,20+/m1/s1. The highest BCUT2D eigenvalue weighted by Crippen LogP contribution is 2.37. The van der Waals surface area contributed by atoms with Gasteiger partial charge in [-0.2, -0.15) is 0 Å². The molecule has 0 amide bonds. The first-order chi connectivity index (χ1) is 13.4. The van der Waals surface area contributed by atoms with Gasteiger partial charge in [-0.25, -0.2) is 0 Å². The van der Waals surface area contributed by atoms with Gasteiger partial charge in [0, 0.05) is 6.92 Å². The summed E-state index contributed by atoms with van der Waals surface area (Å²) in [6.07, 6.45) is -5.43. The summed E-state index contributed by atoms with van der Waals surface area (Å²) in [5.74, 6) is -0.589. The summed E-state index contributed by atoms with van der Waals surface area (Å²) in [6, 6.07) is 9.44. The van der Waals surface area contributed by atoms with Crippen molar-refractivity contribution in [1.82, 2.24) is 0 Å². The van der Waals surface area contributed by atoms with E-state index in [4.69, 9.17) is 18.6 Å². The van der Waals surface area contributed by atoms with Gasteiger partial charge in [0.05, 0.1) is 13.2 Å². The van der Waals surface area contributed by atoms with Crippen molar-refractivity contribution in [3.05, 3.63) is 35.9 Å². The Morgan fingerprint density at radius 1 is 1.14 bits per heavy atom. The van der Waals surface area contributed by atoms with Crippen molar-refractivity contribution < 1.29 is 33.6 Å². The molecule has 1 aromatic rings. The van der Waals surface area contributed by atoms with E-state index in [9.17, 15) is 15.0 Å². The molecule has 1 saturated heterocycles. The van der Waals surface area contributed by atoms with Crippen LogP contribution >= 0.6 is 0 Å². The molecule has 1 heterocycles. The van der Waals surface area contributed by atoms with Gasteiger partial charge in [-0.1, -0.05) is 51.1 Å². The van der Waals surface area contributed by atoms with E-state index in [-0.39, 0.29) is 18.3 Å². The molecule has 0 unspecified atom stereocenters. The molecule has 5 atom stereocenters. The van der Waals surface area contributed by atoms with Gasteiger partial charge in [0.1, 0.15) is 18.3 Å². The van der Waals surface area contributed by atoms with Crippen LogP contribution in [0.1, 0.15) is 33.3 Å². The summed E-state index contributed by atoms with van der Waals surface area (Å²) in [7, 11) is -2.08. The molecule has 0 radical (unpaired) electrons. The zero-order valence-corrected chi connectivity index (χ0v) is 19.1. The average Bonchev–Trinajstić information content (AvgIpc) is 2.62. The van der Waals surface area contributed by atoms with Crippen molar-refractivity contribution in [1.29, 1.82) is 0 Å². The highest BCUT2D eigenvalue weighted by atomic mass is 28.4. The highest BCUT2D eigenvalue weighted by molar-refractivity contribution is 6.74. The number of carbonyl (C=O) groups excluding carboxylic acids is 1. The number of rotatable bonds is 7. The number of benzene rings is 1. The quantitative estimate of drug-likeness (QED) is 0.511. The summed E-state index contributed by atoms with van der Waals surface area (Å²) in [6.45, 7) is 12.1. The number of carbonyl (C=O) groups is 1. The maximum atomic E-state index is 11.5. The van der Waals surface area contributed by atoms with Crippen molar-refractivity contribution >= 4 is 14.3 Å². The number of hydrogen-bond donors (Lipinski definition) is 2. The normalized spacial score (nSPS) is 28.2. The molecule has 1 aliphatic rings. The van der Waals surface area contributed by atoms with E-state index in [1.807, 2.05) is 30.3 Å². The third-order valence-corrected chi connectivity index (χ3v) is 10.1. The van der Waals surface area contributed by atoms with Crippen LogP contribution in [0.5, 0.6) is 0 Å². The van der Waals surface area contributed by atoms with Crippen LogP contribution in [0.4, 0.5) is 0 Å². The Bertz CT molecular complexity index is 659. The number of ether oxygens (including phenoxy) is 3. The van der Waals surface area contributed by atoms with Crippen LogP contribution in [0, 0.1) is 0 Å². The third-order valence-electron chi connectivity index (χ3n) is 5.64. The molecule has 0 spiro atoms. The lowest BCUT2D eigenvalue weighted by Gasteiger charge is -2.43. The second-order valence-electron chi connectivity index (χ2n) is 8.96. The minimum atomic E-state index is -2.08. The van der Waals surface area contributed by atoms with Crippen LogP contribution in [0.3, 0.4) is 0 Å². The summed E-state index contributed by atoms with van der Waals surface area (Å²) in [4.78, 5) is 11.5. The molecular formula is C21H34O7Si. The number of aliphatic hydroxyl groups is 2. The molecule has 2 rings (SSSR count). The Morgan fingerprint density at radius 3 is 2.31 bits per heavy atom. The van der Waals surface area contributed by atoms with E-state index in [0.717, 1.165) is 5.56 Å². The van der Waals surface area contributed by atoms with E-state index in [0.29, 0.717) is 0 Å². The van der Waals surface area contributed by atoms with Crippen LogP contribution in [-0.2, 0) is 30.0 Å². The van der Waals surface area contributed by atoms with Crippen molar-refractivity contribution in [3.63, 3.8) is 0 Å². The largest absolute Gasteiger partial charge is 0.454 e. The summed E-state index contributed by atoms with van der Waals surface area (Å²) in [5, 5.41) is 21.3. The molecule has 1 fully saturated rings. The first kappa shape index (κ1) is 24.0. The second-order valence-corrected chi connectivity index (χ2v) is 13.8. The maximum Gasteiger partial charge on any atom is 0.303 e. The number of hydrogen-bond acceptors (Lipinski definition) is 7. The molecule has 29 heavy (non-hydrogen) atoms. The number of esters is 1. The molecule has 164 valence electrons. The van der Waals surface area contributed by atoms with E-state index in [1.165, 1.54) is 6.92 Å². The van der Waals surface area contributed by atoms with Gasteiger partial charge in [0.2, 0.25) is 0 Å². The number of aliphatic hydroxyl groups excluding tert-OH is 2. The molecule has 1 aromatic carbocycles. The van der Waals surface area contributed by atoms with Crippen molar-refractivity contribution in [3.8, 4) is 0 Å². The zero-order chi connectivity index (χ0) is 21.8. The monoisotopic (exact) mass is 426 g/mol. The van der Waals surface area contributed by atoms with E-state index < -0.39 is 45.0 Å². The molecule has 1 aliphatic heterocycles. The van der Waals surface area contributed by atoms with Crippen LogP contribution < -0.4 is 0 Å². The smallest absolute Gasteiger partial charge is 0.303 e. The fraction of sp³-hybridized carbons (Fsp3) is 0.667. The van der Waals surface area contributed by atoms with Crippen LogP contribution in [0.2, 0.25) is 18.1 Å². The summed E-state index contributed by atoms with van der Waals surface area (Å²) < 4.78 is 22.8. The minimum absolute atomic E-state index is 0.00524. The van der Waals surface area contributed by atoms with Gasteiger partial charge in [-0.05, 0) is 23.7 Å². The van der Waals surface area contributed by atoms with Crippen LogP contribution in [0.25, 0.3) is 0 Å². The van der Waals surface area contributed by atoms with Gasteiger partial charge >= 0.3 is 5.97 Å². The molecule has 0 bridgehead atoms. The van der Waals surface area contributed by atoms with Crippen molar-refractivity contribution in [2.75, 3.05) is 6.61 Å². The fourth-order valence-corrected chi connectivity index (χ4v) is 3.84. The fourth-order valence-electron chi connectivity index (χ4n) is 2.83. The van der Waals surface area contributed by atoms with Gasteiger partial charge in [-0.3, -0.25) is 4.79 Å². The predicted octanol–water partition coefficient (Wildman–Crippen LogP) is 2.60. The molecular weight excluding hydrogens is 392 g/mol. The summed E-state index contributed by atoms with van der Waals surface area (Å²) in [5.41, 5.74) is 0.899. The molecule has 0 saturated carbocycles. The highest BCUT2D eigenvalue weighted by Gasteiger charge is 2.48. The molecule has 8 heteroatoms. The molecule has 0 aliphatic carbocycles. The first-order valence-corrected chi connectivity index (χ1v) is 12.8. The topological polar surface area (TPSA) is 94.5 Å². The van der Waals surface area contributed by atoms with Gasteiger partial charge in [0.25, 0.3) is 0 Å². The SMILES string of the molecule is CC(=O)O[C@@H]1[C@@H](OCc2ccccc2)[C@H](O)[C@@H](CO[Si](C)(C)C(C)(C)C)O[C@@H]1O. The lowest BCUT2D eigenvalue weighted by atomic mass is 9.98. The van der Waals surface area contributed by atoms with E-state index in [2.05, 4.69) is 33.9 Å². The minimum Gasteiger partial charge on any atom is -0.454 e. The summed E-state index contributed by atoms with van der Waals surface area (Å²) >= 11 is 0. The molecule has 7 nitrogen and oxygen atoms in total. The lowest BCUT2D eigenvalue weighted by molar-refractivity contribution is -0.298. The van der Waals surface area contributed by atoms with Crippen LogP contribution in [0.15, 0.2) is 30.3 Å². The van der Waals surface area contributed by atoms with E-state index in [1.54, 1.807) is 0 Å². The van der Waals surface area contributed by atoms with Crippen molar-refractivity contribution in [2.45, 2.75) is 83.1 Å². The Morgan fingerprint density at radius 2 is 1.76 bits per heavy atom.